The van der Waals surface area contributed by atoms with E-state index in [4.69, 9.17) is 21.0 Å². The zero-order chi connectivity index (χ0) is 16.7. The van der Waals surface area contributed by atoms with Crippen molar-refractivity contribution in [1.29, 1.82) is 10.5 Å². The summed E-state index contributed by atoms with van der Waals surface area (Å²) < 4.78 is 5.64. The minimum atomic E-state index is -0.756. The fraction of sp³-hybridized carbons (Fsp3) is 0.0556. The minimum absolute atomic E-state index is 0.101. The van der Waals surface area contributed by atoms with Gasteiger partial charge < -0.3 is 10.5 Å². The van der Waals surface area contributed by atoms with Gasteiger partial charge in [0.15, 0.2) is 0 Å². The van der Waals surface area contributed by atoms with E-state index in [1.807, 2.05) is 12.1 Å². The molecule has 0 aliphatic carbocycles. The molecule has 0 heterocycles. The third-order valence-electron chi connectivity index (χ3n) is 3.07. The molecule has 0 atom stereocenters. The lowest BCUT2D eigenvalue weighted by Gasteiger charge is -2.06. The molecule has 0 unspecified atom stereocenters. The molecule has 0 spiro atoms. The lowest BCUT2D eigenvalue weighted by atomic mass is 10.1. The summed E-state index contributed by atoms with van der Waals surface area (Å²) in [6, 6.07) is 17.9. The smallest absolute Gasteiger partial charge is 0.259 e. The van der Waals surface area contributed by atoms with Crippen molar-refractivity contribution in [1.82, 2.24) is 0 Å². The molecule has 112 valence electrons. The molecule has 2 N–H and O–H groups in total. The Bertz CT molecular complexity index is 807. The first kappa shape index (κ1) is 15.8. The van der Waals surface area contributed by atoms with Crippen molar-refractivity contribution in [3.05, 3.63) is 70.8 Å². The van der Waals surface area contributed by atoms with Crippen LogP contribution in [0.3, 0.4) is 0 Å². The van der Waals surface area contributed by atoms with Crippen LogP contribution in [0.25, 0.3) is 6.08 Å². The van der Waals surface area contributed by atoms with Gasteiger partial charge in [-0.15, -0.1) is 0 Å². The van der Waals surface area contributed by atoms with Crippen LogP contribution in [0.2, 0.25) is 0 Å². The number of carbonyl (C=O) groups is 1. The summed E-state index contributed by atoms with van der Waals surface area (Å²) in [5.41, 5.74) is 7.23. The normalized spacial score (nSPS) is 10.4. The van der Waals surface area contributed by atoms with E-state index in [9.17, 15) is 4.79 Å². The molecule has 5 heteroatoms. The highest BCUT2D eigenvalue weighted by Gasteiger charge is 2.03. The van der Waals surface area contributed by atoms with Gasteiger partial charge in [-0.1, -0.05) is 24.3 Å². The average molecular weight is 303 g/mol. The zero-order valence-electron chi connectivity index (χ0n) is 12.2. The van der Waals surface area contributed by atoms with Gasteiger partial charge >= 0.3 is 0 Å². The second-order valence-corrected chi connectivity index (χ2v) is 4.70. The van der Waals surface area contributed by atoms with Gasteiger partial charge in [-0.25, -0.2) is 0 Å². The highest BCUT2D eigenvalue weighted by atomic mass is 16.5. The number of amides is 1. The zero-order valence-corrected chi connectivity index (χ0v) is 12.2. The van der Waals surface area contributed by atoms with E-state index in [1.165, 1.54) is 6.08 Å². The van der Waals surface area contributed by atoms with E-state index in [2.05, 4.69) is 6.07 Å². The first-order valence-electron chi connectivity index (χ1n) is 6.76. The molecule has 0 fully saturated rings. The van der Waals surface area contributed by atoms with Gasteiger partial charge in [-0.05, 0) is 41.5 Å². The summed E-state index contributed by atoms with van der Waals surface area (Å²) in [4.78, 5) is 11.0. The maximum atomic E-state index is 11.0. The molecule has 0 aliphatic rings. The van der Waals surface area contributed by atoms with Crippen LogP contribution in [0.5, 0.6) is 5.75 Å². The molecule has 0 saturated heterocycles. The summed E-state index contributed by atoms with van der Waals surface area (Å²) in [6.45, 7) is 0.381. The Morgan fingerprint density at radius 1 is 1.09 bits per heavy atom. The summed E-state index contributed by atoms with van der Waals surface area (Å²) in [7, 11) is 0. The van der Waals surface area contributed by atoms with Crippen LogP contribution >= 0.6 is 0 Å². The van der Waals surface area contributed by atoms with Gasteiger partial charge in [0.05, 0.1) is 11.6 Å². The molecule has 2 aromatic rings. The molecule has 0 radical (unpaired) electrons. The third kappa shape index (κ3) is 4.45. The molecule has 0 aliphatic heterocycles. The van der Waals surface area contributed by atoms with Crippen LogP contribution in [0, 0.1) is 22.7 Å². The van der Waals surface area contributed by atoms with Gasteiger partial charge in [0, 0.05) is 0 Å². The Morgan fingerprint density at radius 2 is 1.74 bits per heavy atom. The number of ether oxygens (including phenoxy) is 1. The number of carbonyl (C=O) groups excluding carboxylic acids is 1. The second-order valence-electron chi connectivity index (χ2n) is 4.70. The number of benzene rings is 2. The first-order valence-corrected chi connectivity index (χ1v) is 6.76. The lowest BCUT2D eigenvalue weighted by molar-refractivity contribution is -0.114. The van der Waals surface area contributed by atoms with Crippen molar-refractivity contribution in [3.63, 3.8) is 0 Å². The summed E-state index contributed by atoms with van der Waals surface area (Å²) in [5.74, 6) is -0.0993. The maximum Gasteiger partial charge on any atom is 0.259 e. The van der Waals surface area contributed by atoms with Crippen LogP contribution in [-0.2, 0) is 11.4 Å². The molecule has 0 bridgehead atoms. The first-order chi connectivity index (χ1) is 11.1. The SMILES string of the molecule is N#C/C(=C\c1ccc(OCc2ccc(C#N)cc2)cc1)C(N)=O. The molecule has 23 heavy (non-hydrogen) atoms. The Kier molecular flexibility index (Phi) is 5.12. The second kappa shape index (κ2) is 7.44. The summed E-state index contributed by atoms with van der Waals surface area (Å²) >= 11 is 0. The number of hydrogen-bond donors (Lipinski definition) is 1. The predicted molar refractivity (Wildman–Crippen MR) is 84.7 cm³/mol. The standard InChI is InChI=1S/C18H13N3O2/c19-10-14-1-3-15(4-2-14)12-23-17-7-5-13(6-8-17)9-16(11-20)18(21)22/h1-9H,12H2,(H2,21,22)/b16-9+. The Labute approximate surface area is 133 Å². The van der Waals surface area contributed by atoms with Crippen molar-refractivity contribution in [2.45, 2.75) is 6.61 Å². The van der Waals surface area contributed by atoms with E-state index in [0.29, 0.717) is 23.5 Å². The predicted octanol–water partition coefficient (Wildman–Crippen LogP) is 2.53. The number of nitrogens with zero attached hydrogens (tertiary/aromatic N) is 2. The Balaban J connectivity index is 2.01. The fourth-order valence-corrected chi connectivity index (χ4v) is 1.83. The van der Waals surface area contributed by atoms with Crippen molar-refractivity contribution in [3.8, 4) is 17.9 Å². The molecule has 0 aromatic heterocycles. The lowest BCUT2D eigenvalue weighted by Crippen LogP contribution is -2.12. The van der Waals surface area contributed by atoms with E-state index >= 15 is 0 Å². The summed E-state index contributed by atoms with van der Waals surface area (Å²) in [6.07, 6.45) is 1.42. The van der Waals surface area contributed by atoms with E-state index in [-0.39, 0.29) is 5.57 Å². The van der Waals surface area contributed by atoms with Gasteiger partial charge in [0.2, 0.25) is 0 Å². The van der Waals surface area contributed by atoms with Crippen molar-refractivity contribution < 1.29 is 9.53 Å². The molecule has 5 nitrogen and oxygen atoms in total. The third-order valence-corrected chi connectivity index (χ3v) is 3.07. The van der Waals surface area contributed by atoms with Crippen LogP contribution in [0.4, 0.5) is 0 Å². The molecule has 2 aromatic carbocycles. The maximum absolute atomic E-state index is 11.0. The van der Waals surface area contributed by atoms with Gasteiger partial charge in [0.1, 0.15) is 24.0 Å². The van der Waals surface area contributed by atoms with Gasteiger partial charge in [-0.2, -0.15) is 10.5 Å². The number of hydrogen-bond acceptors (Lipinski definition) is 4. The van der Waals surface area contributed by atoms with Crippen molar-refractivity contribution >= 4 is 12.0 Å². The molecule has 2 rings (SSSR count). The molecule has 1 amide bonds. The topological polar surface area (TPSA) is 99.9 Å². The van der Waals surface area contributed by atoms with E-state index in [0.717, 1.165) is 5.56 Å². The largest absolute Gasteiger partial charge is 0.489 e. The fourth-order valence-electron chi connectivity index (χ4n) is 1.83. The number of nitriles is 2. The van der Waals surface area contributed by atoms with Crippen LogP contribution in [0.1, 0.15) is 16.7 Å². The Morgan fingerprint density at radius 3 is 2.26 bits per heavy atom. The van der Waals surface area contributed by atoms with Crippen molar-refractivity contribution in [2.24, 2.45) is 5.73 Å². The highest BCUT2D eigenvalue weighted by Crippen LogP contribution is 2.16. The van der Waals surface area contributed by atoms with Crippen molar-refractivity contribution in [2.75, 3.05) is 0 Å². The molecular formula is C18H13N3O2. The minimum Gasteiger partial charge on any atom is -0.489 e. The molecule has 0 saturated carbocycles. The van der Waals surface area contributed by atoms with Crippen LogP contribution < -0.4 is 10.5 Å². The molecular weight excluding hydrogens is 290 g/mol. The van der Waals surface area contributed by atoms with Crippen LogP contribution in [0.15, 0.2) is 54.1 Å². The van der Waals surface area contributed by atoms with Gasteiger partial charge in [-0.3, -0.25) is 4.79 Å². The summed E-state index contributed by atoms with van der Waals surface area (Å²) in [5, 5.41) is 17.5. The highest BCUT2D eigenvalue weighted by molar-refractivity contribution is 6.00. The van der Waals surface area contributed by atoms with Crippen LogP contribution in [-0.4, -0.2) is 5.91 Å². The quantitative estimate of drug-likeness (QED) is 0.677. The average Bonchev–Trinajstić information content (AvgIpc) is 2.59. The van der Waals surface area contributed by atoms with Gasteiger partial charge in [0.25, 0.3) is 5.91 Å². The number of rotatable bonds is 5. The van der Waals surface area contributed by atoms with E-state index < -0.39 is 5.91 Å². The van der Waals surface area contributed by atoms with E-state index in [1.54, 1.807) is 42.5 Å². The number of nitrogens with two attached hydrogens (primary N) is 1. The number of primary amides is 1. The Hall–Kier alpha value is -3.57. The monoisotopic (exact) mass is 303 g/mol.